The Labute approximate surface area is 439 Å². The van der Waals surface area contributed by atoms with Crippen LogP contribution in [0.25, 0.3) is 89.4 Å². The normalized spacial score (nSPS) is 13.6. The standard InChI is InChI=1S/C67H47F4N3/c68-55-29-31-59(63(70)38-55)65-33-19-44(41-72-65)15-17-46-35-47(18-16-45-20-34-66(73-42-45)60-32-30-56(69)39-64(60)71)37-54(36-46)57-13-7-8-14-58(57)62-43-74-67(53-11-5-2-6-12-53)40-61(62)52-27-25-51(26-28-52)50-23-21-49(22-24-50)48-9-3-1-4-10-48/h1-14,19-43H,15-18H2/i15D2,16D2,17D2,18D2. The quantitative estimate of drug-likeness (QED) is 0.102. The SMILES string of the molecule is [2H]C([2H])(c1ccc(-c2ccc(F)cc2F)nc1)C([2H])([2H])c1cc(-c2ccccc2-c2cnc(-c3ccccc3)cc2-c2ccc(-c3ccc(-c4ccccc4)cc3)cc2)cc(C([2H])([2H])C([2H])([2H])c2ccc(-c3ccc(F)cc3F)nc2)c1. The zero-order valence-electron chi connectivity index (χ0n) is 47.4. The van der Waals surface area contributed by atoms with Crippen molar-refractivity contribution >= 4 is 0 Å². The van der Waals surface area contributed by atoms with Crippen molar-refractivity contribution in [3.8, 4) is 89.4 Å². The van der Waals surface area contributed by atoms with Crippen molar-refractivity contribution in [2.24, 2.45) is 0 Å². The van der Waals surface area contributed by atoms with Crippen LogP contribution >= 0.6 is 0 Å². The molecule has 0 aliphatic heterocycles. The Morgan fingerprint density at radius 1 is 0.270 bits per heavy atom. The fourth-order valence-corrected chi connectivity index (χ4v) is 8.84. The summed E-state index contributed by atoms with van der Waals surface area (Å²) in [5.74, 6) is -3.41. The third kappa shape index (κ3) is 10.6. The van der Waals surface area contributed by atoms with Gasteiger partial charge in [0.25, 0.3) is 0 Å². The Kier molecular flexibility index (Phi) is 11.1. The number of halogens is 4. The van der Waals surface area contributed by atoms with Crippen LogP contribution in [0.1, 0.15) is 33.2 Å². The molecule has 0 radical (unpaired) electrons. The summed E-state index contributed by atoms with van der Waals surface area (Å²) in [6.07, 6.45) is -8.04. The van der Waals surface area contributed by atoms with Crippen molar-refractivity contribution in [1.29, 1.82) is 0 Å². The van der Waals surface area contributed by atoms with Crippen molar-refractivity contribution in [1.82, 2.24) is 15.0 Å². The monoisotopic (exact) mass is 977 g/mol. The van der Waals surface area contributed by atoms with Crippen molar-refractivity contribution in [2.45, 2.75) is 25.5 Å². The van der Waals surface area contributed by atoms with Crippen molar-refractivity contribution in [3.63, 3.8) is 0 Å². The first-order valence-corrected chi connectivity index (χ1v) is 23.7. The Balaban J connectivity index is 1.04. The highest BCUT2D eigenvalue weighted by Crippen LogP contribution is 2.41. The second kappa shape index (κ2) is 21.3. The molecule has 0 aliphatic carbocycles. The molecule has 8 aromatic carbocycles. The van der Waals surface area contributed by atoms with E-state index in [1.165, 1.54) is 48.5 Å². The lowest BCUT2D eigenvalue weighted by Gasteiger charge is -2.18. The van der Waals surface area contributed by atoms with Crippen LogP contribution < -0.4 is 0 Å². The molecular weight excluding hydrogens is 923 g/mol. The summed E-state index contributed by atoms with van der Waals surface area (Å²) in [4.78, 5) is 13.4. The molecule has 0 aliphatic rings. The zero-order chi connectivity index (χ0) is 57.6. The molecule has 3 nitrogen and oxygen atoms in total. The number of pyridine rings is 3. The number of rotatable bonds is 14. The van der Waals surface area contributed by atoms with E-state index < -0.39 is 48.8 Å². The van der Waals surface area contributed by atoms with Gasteiger partial charge < -0.3 is 0 Å². The molecule has 0 saturated carbocycles. The van der Waals surface area contributed by atoms with Gasteiger partial charge in [0.1, 0.15) is 23.3 Å². The van der Waals surface area contributed by atoms with Crippen LogP contribution in [0, 0.1) is 23.3 Å². The Morgan fingerprint density at radius 2 is 0.703 bits per heavy atom. The predicted octanol–water partition coefficient (Wildman–Crippen LogP) is 17.3. The zero-order valence-corrected chi connectivity index (χ0v) is 39.4. The number of aryl methyl sites for hydroxylation is 4. The van der Waals surface area contributed by atoms with Crippen LogP contribution in [0.4, 0.5) is 17.6 Å². The predicted molar refractivity (Wildman–Crippen MR) is 291 cm³/mol. The minimum Gasteiger partial charge on any atom is -0.256 e. The topological polar surface area (TPSA) is 38.7 Å². The molecule has 0 amide bonds. The van der Waals surface area contributed by atoms with Gasteiger partial charge in [-0.05, 0) is 140 Å². The van der Waals surface area contributed by atoms with Crippen LogP contribution in [-0.2, 0) is 25.5 Å². The third-order valence-corrected chi connectivity index (χ3v) is 12.6. The van der Waals surface area contributed by atoms with Gasteiger partial charge in [-0.15, -0.1) is 0 Å². The van der Waals surface area contributed by atoms with Crippen LogP contribution in [-0.4, -0.2) is 15.0 Å². The molecular formula is C67H47F4N3. The van der Waals surface area contributed by atoms with E-state index in [9.17, 15) is 28.5 Å². The molecule has 0 unspecified atom stereocenters. The lowest BCUT2D eigenvalue weighted by Crippen LogP contribution is -1.99. The van der Waals surface area contributed by atoms with Gasteiger partial charge in [-0.1, -0.05) is 164 Å². The maximum Gasteiger partial charge on any atom is 0.135 e. The van der Waals surface area contributed by atoms with Gasteiger partial charge in [0, 0.05) is 63.9 Å². The molecule has 7 heteroatoms. The minimum atomic E-state index is -3.02. The highest BCUT2D eigenvalue weighted by Gasteiger charge is 2.18. The van der Waals surface area contributed by atoms with Gasteiger partial charge in [-0.3, -0.25) is 15.0 Å². The average molecular weight is 978 g/mol. The summed E-state index contributed by atoms with van der Waals surface area (Å²) in [5, 5.41) is 0. The van der Waals surface area contributed by atoms with E-state index in [4.69, 9.17) is 4.98 Å². The highest BCUT2D eigenvalue weighted by molar-refractivity contribution is 5.93. The molecule has 0 atom stereocenters. The number of hydrogen-bond acceptors (Lipinski definition) is 3. The second-order valence-electron chi connectivity index (χ2n) is 17.5. The highest BCUT2D eigenvalue weighted by atomic mass is 19.1. The van der Waals surface area contributed by atoms with Crippen LogP contribution in [0.15, 0.2) is 237 Å². The smallest absolute Gasteiger partial charge is 0.135 e. The van der Waals surface area contributed by atoms with Crippen LogP contribution in [0.3, 0.4) is 0 Å². The molecule has 0 fully saturated rings. The molecule has 11 rings (SSSR count). The second-order valence-corrected chi connectivity index (χ2v) is 17.5. The average Bonchev–Trinajstić information content (AvgIpc) is 3.67. The summed E-state index contributed by atoms with van der Waals surface area (Å²) in [6.45, 7) is 0. The van der Waals surface area contributed by atoms with Gasteiger partial charge >= 0.3 is 0 Å². The van der Waals surface area contributed by atoms with Crippen LogP contribution in [0.2, 0.25) is 0 Å². The summed E-state index contributed by atoms with van der Waals surface area (Å²) >= 11 is 0. The molecule has 74 heavy (non-hydrogen) atoms. The Morgan fingerprint density at radius 3 is 1.19 bits per heavy atom. The van der Waals surface area contributed by atoms with E-state index in [-0.39, 0.29) is 50.3 Å². The van der Waals surface area contributed by atoms with E-state index in [0.29, 0.717) is 34.5 Å². The molecule has 0 N–H and O–H groups in total. The summed E-state index contributed by atoms with van der Waals surface area (Å²) in [5.41, 5.74) is 7.94. The maximum atomic E-state index is 14.9. The largest absolute Gasteiger partial charge is 0.256 e. The van der Waals surface area contributed by atoms with Gasteiger partial charge in [0.05, 0.1) is 17.1 Å². The van der Waals surface area contributed by atoms with E-state index in [1.807, 2.05) is 91.0 Å². The fraction of sp³-hybridized carbons (Fsp3) is 0.0597. The van der Waals surface area contributed by atoms with Gasteiger partial charge in [-0.25, -0.2) is 17.6 Å². The van der Waals surface area contributed by atoms with E-state index >= 15 is 0 Å². The fourth-order valence-electron chi connectivity index (χ4n) is 8.84. The summed E-state index contributed by atoms with van der Waals surface area (Å²) < 4.78 is 134. The first-order valence-electron chi connectivity index (χ1n) is 27.7. The number of benzene rings is 8. The molecule has 358 valence electrons. The van der Waals surface area contributed by atoms with Crippen molar-refractivity contribution in [2.75, 3.05) is 0 Å². The summed E-state index contributed by atoms with van der Waals surface area (Å²) in [6, 6.07) is 60.3. The van der Waals surface area contributed by atoms with E-state index in [2.05, 4.69) is 46.4 Å². The minimum absolute atomic E-state index is 0.0367. The van der Waals surface area contributed by atoms with Gasteiger partial charge in [0.15, 0.2) is 0 Å². The molecule has 11 aromatic rings. The first kappa shape index (κ1) is 38.6. The molecule has 3 aromatic heterocycles. The van der Waals surface area contributed by atoms with Gasteiger partial charge in [0.2, 0.25) is 0 Å². The lowest BCUT2D eigenvalue weighted by molar-refractivity contribution is 0.584. The number of aromatic nitrogens is 3. The van der Waals surface area contributed by atoms with Crippen molar-refractivity contribution < 1.29 is 28.5 Å². The first-order chi connectivity index (χ1) is 39.3. The Hall–Kier alpha value is -9.07. The molecule has 0 saturated heterocycles. The molecule has 0 spiro atoms. The molecule has 3 heterocycles. The Bertz CT molecular complexity index is 3990. The maximum absolute atomic E-state index is 14.9. The van der Waals surface area contributed by atoms with E-state index in [0.717, 1.165) is 69.5 Å². The van der Waals surface area contributed by atoms with Gasteiger partial charge in [-0.2, -0.15) is 0 Å². The van der Waals surface area contributed by atoms with Crippen molar-refractivity contribution in [3.05, 3.63) is 283 Å². The number of hydrogen-bond donors (Lipinski definition) is 0. The molecule has 0 bridgehead atoms. The third-order valence-electron chi connectivity index (χ3n) is 12.6. The van der Waals surface area contributed by atoms with E-state index in [1.54, 1.807) is 18.3 Å². The lowest BCUT2D eigenvalue weighted by atomic mass is 9.87. The van der Waals surface area contributed by atoms with Crippen LogP contribution in [0.5, 0.6) is 0 Å². The summed E-state index contributed by atoms with van der Waals surface area (Å²) in [7, 11) is 0. The number of nitrogens with zero attached hydrogens (tertiary/aromatic N) is 3.